The minimum absolute atomic E-state index is 0.0895. The summed E-state index contributed by atoms with van der Waals surface area (Å²) in [7, 11) is 0. The Kier molecular flexibility index (Phi) is 9.17. The Balaban J connectivity index is 1.24. The van der Waals surface area contributed by atoms with E-state index in [0.717, 1.165) is 47.5 Å². The lowest BCUT2D eigenvalue weighted by Gasteiger charge is -2.57. The van der Waals surface area contributed by atoms with Crippen molar-refractivity contribution in [2.75, 3.05) is 6.61 Å². The van der Waals surface area contributed by atoms with Crippen LogP contribution in [-0.4, -0.2) is 23.6 Å². The number of hydrogen-bond acceptors (Lipinski definition) is 3. The molecule has 0 heterocycles. The van der Waals surface area contributed by atoms with Crippen molar-refractivity contribution < 1.29 is 19.4 Å². The van der Waals surface area contributed by atoms with Gasteiger partial charge in [-0.25, -0.2) is 0 Å². The number of amides is 1. The molecule has 0 saturated heterocycles. The number of carboxylic acid groups (broad SMARTS) is 1. The molecule has 2 aromatic rings. The van der Waals surface area contributed by atoms with Gasteiger partial charge in [-0.15, -0.1) is 0 Å². The van der Waals surface area contributed by atoms with Gasteiger partial charge in [0.1, 0.15) is 5.75 Å². The highest BCUT2D eigenvalue weighted by molar-refractivity contribution is 5.94. The molecule has 4 aliphatic carbocycles. The summed E-state index contributed by atoms with van der Waals surface area (Å²) in [6.07, 6.45) is 13.8. The van der Waals surface area contributed by atoms with Crippen LogP contribution in [0.15, 0.2) is 42.5 Å². The number of aliphatic carboxylic acids is 1. The number of unbranched alkanes of at least 4 members (excludes halogenated alkanes) is 3. The number of carbonyl (C=O) groups is 2. The van der Waals surface area contributed by atoms with Crippen LogP contribution in [-0.2, 0) is 23.2 Å². The van der Waals surface area contributed by atoms with Gasteiger partial charge in [0.15, 0.2) is 0 Å². The van der Waals surface area contributed by atoms with Gasteiger partial charge in [0.2, 0.25) is 0 Å². The highest BCUT2D eigenvalue weighted by Crippen LogP contribution is 2.60. The van der Waals surface area contributed by atoms with Crippen LogP contribution in [0, 0.1) is 23.7 Å². The molecule has 0 aromatic heterocycles. The standard InChI is InChI=1S/C35H47NO4/c1-3-5-6-7-14-40-32-13-8-24(18-28(4-2)34(38)39)19-30(32)23-36-33(37)29-9-11-31(12-10-29)35-20-25-15-26(21-35)17-27(16-25)22-35/h8-13,19,25-28H,3-7,14-18,20-23H2,1-2H3,(H,36,37)(H,38,39)/t25?,26?,27?,28-,35?/m0/s1. The second-order valence-corrected chi connectivity index (χ2v) is 13.0. The van der Waals surface area contributed by atoms with Gasteiger partial charge in [0.25, 0.3) is 5.91 Å². The van der Waals surface area contributed by atoms with Crippen molar-refractivity contribution in [3.8, 4) is 5.75 Å². The van der Waals surface area contributed by atoms with E-state index in [2.05, 4.69) is 24.4 Å². The van der Waals surface area contributed by atoms with E-state index >= 15 is 0 Å². The van der Waals surface area contributed by atoms with Crippen molar-refractivity contribution in [3.63, 3.8) is 0 Å². The zero-order chi connectivity index (χ0) is 28.1. The molecule has 6 rings (SSSR count). The maximum Gasteiger partial charge on any atom is 0.306 e. The molecule has 1 amide bonds. The molecular formula is C35H47NO4. The van der Waals surface area contributed by atoms with Crippen molar-refractivity contribution in [2.24, 2.45) is 23.7 Å². The van der Waals surface area contributed by atoms with E-state index in [-0.39, 0.29) is 5.91 Å². The maximum atomic E-state index is 13.2. The largest absolute Gasteiger partial charge is 0.493 e. The Hall–Kier alpha value is -2.82. The first-order chi connectivity index (χ1) is 19.4. The first-order valence-electron chi connectivity index (χ1n) is 15.7. The average Bonchev–Trinajstić information content (AvgIpc) is 2.94. The number of carboxylic acids is 1. The molecule has 4 bridgehead atoms. The minimum atomic E-state index is -0.773. The first-order valence-corrected chi connectivity index (χ1v) is 15.7. The highest BCUT2D eigenvalue weighted by atomic mass is 16.5. The average molecular weight is 546 g/mol. The van der Waals surface area contributed by atoms with Crippen molar-refractivity contribution in [1.29, 1.82) is 0 Å². The third kappa shape index (κ3) is 6.56. The van der Waals surface area contributed by atoms with Gasteiger partial charge in [-0.1, -0.05) is 57.4 Å². The molecule has 0 aliphatic heterocycles. The fourth-order valence-electron chi connectivity index (χ4n) is 8.16. The Bertz CT molecular complexity index is 1140. The topological polar surface area (TPSA) is 75.6 Å². The lowest BCUT2D eigenvalue weighted by molar-refractivity contribution is -0.141. The summed E-state index contributed by atoms with van der Waals surface area (Å²) in [5.41, 5.74) is 4.30. The van der Waals surface area contributed by atoms with E-state index in [1.54, 1.807) is 0 Å². The molecule has 1 atom stereocenters. The van der Waals surface area contributed by atoms with Crippen LogP contribution < -0.4 is 10.1 Å². The van der Waals surface area contributed by atoms with Crippen LogP contribution >= 0.6 is 0 Å². The molecule has 4 aliphatic rings. The molecule has 0 radical (unpaired) electrons. The van der Waals surface area contributed by atoms with E-state index in [1.807, 2.05) is 37.3 Å². The number of hydrogen-bond donors (Lipinski definition) is 2. The van der Waals surface area contributed by atoms with Gasteiger partial charge >= 0.3 is 5.97 Å². The summed E-state index contributed by atoms with van der Waals surface area (Å²) in [5, 5.41) is 12.6. The fraction of sp³-hybridized carbons (Fsp3) is 0.600. The van der Waals surface area contributed by atoms with Crippen molar-refractivity contribution in [2.45, 2.75) is 103 Å². The van der Waals surface area contributed by atoms with Crippen LogP contribution in [0.4, 0.5) is 0 Å². The Labute approximate surface area is 240 Å². The number of rotatable bonds is 14. The van der Waals surface area contributed by atoms with Gasteiger partial charge in [-0.3, -0.25) is 9.59 Å². The van der Waals surface area contributed by atoms with Crippen LogP contribution in [0.5, 0.6) is 5.75 Å². The Morgan fingerprint density at radius 3 is 2.23 bits per heavy atom. The summed E-state index contributed by atoms with van der Waals surface area (Å²) in [4.78, 5) is 24.8. The molecule has 2 aromatic carbocycles. The normalized spacial score (nSPS) is 25.5. The van der Waals surface area contributed by atoms with Crippen LogP contribution in [0.1, 0.15) is 112 Å². The predicted octanol–water partition coefficient (Wildman–Crippen LogP) is 7.70. The Morgan fingerprint density at radius 1 is 0.950 bits per heavy atom. The second kappa shape index (κ2) is 12.8. The maximum absolute atomic E-state index is 13.2. The minimum Gasteiger partial charge on any atom is -0.493 e. The number of benzene rings is 2. The molecule has 4 saturated carbocycles. The summed E-state index contributed by atoms with van der Waals surface area (Å²) in [6.45, 7) is 5.08. The smallest absolute Gasteiger partial charge is 0.306 e. The summed E-state index contributed by atoms with van der Waals surface area (Å²) < 4.78 is 6.12. The molecule has 0 unspecified atom stereocenters. The molecule has 2 N–H and O–H groups in total. The fourth-order valence-corrected chi connectivity index (χ4v) is 8.16. The van der Waals surface area contributed by atoms with Crippen LogP contribution in [0.25, 0.3) is 0 Å². The van der Waals surface area contributed by atoms with Crippen LogP contribution in [0.2, 0.25) is 0 Å². The summed E-state index contributed by atoms with van der Waals surface area (Å²) >= 11 is 0. The number of carbonyl (C=O) groups excluding carboxylic acids is 1. The van der Waals surface area contributed by atoms with E-state index in [1.165, 1.54) is 56.9 Å². The van der Waals surface area contributed by atoms with E-state index < -0.39 is 11.9 Å². The van der Waals surface area contributed by atoms with E-state index in [4.69, 9.17) is 4.74 Å². The van der Waals surface area contributed by atoms with Crippen molar-refractivity contribution in [3.05, 3.63) is 64.7 Å². The zero-order valence-corrected chi connectivity index (χ0v) is 24.4. The molecule has 4 fully saturated rings. The van der Waals surface area contributed by atoms with Crippen molar-refractivity contribution >= 4 is 11.9 Å². The number of ether oxygens (including phenoxy) is 1. The van der Waals surface area contributed by atoms with Gasteiger partial charge in [0.05, 0.1) is 12.5 Å². The molecular weight excluding hydrogens is 498 g/mol. The molecule has 5 nitrogen and oxygen atoms in total. The number of nitrogens with one attached hydrogen (secondary N) is 1. The molecule has 216 valence electrons. The third-order valence-corrected chi connectivity index (χ3v) is 9.94. The zero-order valence-electron chi connectivity index (χ0n) is 24.4. The van der Waals surface area contributed by atoms with Crippen LogP contribution in [0.3, 0.4) is 0 Å². The predicted molar refractivity (Wildman–Crippen MR) is 159 cm³/mol. The monoisotopic (exact) mass is 545 g/mol. The van der Waals surface area contributed by atoms with Gasteiger partial charge in [-0.05, 0) is 110 Å². The van der Waals surface area contributed by atoms with E-state index in [9.17, 15) is 14.7 Å². The van der Waals surface area contributed by atoms with Crippen molar-refractivity contribution in [1.82, 2.24) is 5.32 Å². The lowest BCUT2D eigenvalue weighted by atomic mass is 9.48. The molecule has 5 heteroatoms. The SMILES string of the molecule is CCCCCCOc1ccc(C[C@H](CC)C(=O)O)cc1CNC(=O)c1ccc(C23CC4CC(CC(C4)C2)C3)cc1. The van der Waals surface area contributed by atoms with Gasteiger partial charge in [-0.2, -0.15) is 0 Å². The summed E-state index contributed by atoms with van der Waals surface area (Å²) in [5.74, 6) is 2.18. The summed E-state index contributed by atoms with van der Waals surface area (Å²) in [6, 6.07) is 14.3. The van der Waals surface area contributed by atoms with Gasteiger partial charge in [0, 0.05) is 17.7 Å². The molecule has 40 heavy (non-hydrogen) atoms. The van der Waals surface area contributed by atoms with E-state index in [0.29, 0.717) is 37.0 Å². The first kappa shape index (κ1) is 28.7. The lowest BCUT2D eigenvalue weighted by Crippen LogP contribution is -2.48. The third-order valence-electron chi connectivity index (χ3n) is 9.94. The Morgan fingerprint density at radius 2 is 1.62 bits per heavy atom. The quantitative estimate of drug-likeness (QED) is 0.239. The van der Waals surface area contributed by atoms with Gasteiger partial charge < -0.3 is 15.2 Å². The second-order valence-electron chi connectivity index (χ2n) is 13.0. The highest BCUT2D eigenvalue weighted by Gasteiger charge is 2.51. The molecule has 0 spiro atoms.